The number of allylic oxidation sites excluding steroid dienone is 2. The maximum Gasteiger partial charge on any atom is 0.167 e. The molecule has 1 aliphatic rings. The Bertz CT molecular complexity index is 3810. The smallest absolute Gasteiger partial charge is 0.167 e. The van der Waals surface area contributed by atoms with Crippen LogP contribution in [0.15, 0.2) is 171 Å². The molecule has 11 aromatic rings. The van der Waals surface area contributed by atoms with Crippen molar-refractivity contribution in [2.45, 2.75) is 26.2 Å². The first-order valence-electron chi connectivity index (χ1n) is 21.4. The van der Waals surface area contributed by atoms with Crippen LogP contribution < -0.4 is 10.6 Å². The molecule has 1 aliphatic carbocycles. The predicted molar refractivity (Wildman–Crippen MR) is 257 cm³/mol. The molecule has 63 heavy (non-hydrogen) atoms. The minimum absolute atomic E-state index is 0.481. The molecule has 0 spiro atoms. The fourth-order valence-electron chi connectivity index (χ4n) is 9.29. The zero-order valence-corrected chi connectivity index (χ0v) is 34.7. The second-order valence-electron chi connectivity index (χ2n) is 16.2. The molecule has 0 amide bonds. The topological polar surface area (TPSA) is 78.1 Å². The van der Waals surface area contributed by atoms with Crippen LogP contribution in [0.4, 0.5) is 0 Å². The highest BCUT2D eigenvalue weighted by Gasteiger charge is 2.22. The third-order valence-corrected chi connectivity index (χ3v) is 12.4. The van der Waals surface area contributed by atoms with Crippen molar-refractivity contribution in [1.29, 1.82) is 0 Å². The first-order chi connectivity index (χ1) is 31.1. The molecule has 0 saturated heterocycles. The highest BCUT2D eigenvalue weighted by Crippen LogP contribution is 2.41. The molecule has 300 valence electrons. The van der Waals surface area contributed by atoms with E-state index in [2.05, 4.69) is 104 Å². The monoisotopic (exact) mass is 813 g/mol. The number of aromatic nitrogens is 3. The Morgan fingerprint density at radius 2 is 1.25 bits per heavy atom. The first kappa shape index (κ1) is 36.7. The fourth-order valence-corrected chi connectivity index (χ4v) is 9.29. The number of benzene rings is 7. The van der Waals surface area contributed by atoms with Crippen LogP contribution in [-0.4, -0.2) is 15.0 Å². The van der Waals surface area contributed by atoms with E-state index in [0.29, 0.717) is 23.4 Å². The maximum atomic E-state index is 6.57. The number of hydrogen-bond acceptors (Lipinski definition) is 6. The van der Waals surface area contributed by atoms with Crippen LogP contribution in [-0.2, 0) is 0 Å². The summed E-state index contributed by atoms with van der Waals surface area (Å²) in [5.41, 5.74) is 13.1. The average molecular weight is 814 g/mol. The van der Waals surface area contributed by atoms with Crippen molar-refractivity contribution >= 4 is 79.2 Å². The molecule has 1 unspecified atom stereocenters. The lowest BCUT2D eigenvalue weighted by Crippen LogP contribution is -2.18. The number of para-hydroxylation sites is 4. The Hall–Kier alpha value is -8.09. The van der Waals surface area contributed by atoms with Crippen LogP contribution in [0.3, 0.4) is 0 Å². The van der Waals surface area contributed by atoms with E-state index in [4.69, 9.17) is 28.2 Å². The van der Waals surface area contributed by atoms with Gasteiger partial charge in [0.1, 0.15) is 33.3 Å². The van der Waals surface area contributed by atoms with Gasteiger partial charge >= 0.3 is 0 Å². The number of rotatable bonds is 6. The molecule has 4 aromatic heterocycles. The molecule has 4 heterocycles. The van der Waals surface area contributed by atoms with Gasteiger partial charge in [-0.3, -0.25) is 0 Å². The van der Waals surface area contributed by atoms with E-state index in [0.717, 1.165) is 99.7 Å². The lowest BCUT2D eigenvalue weighted by Gasteiger charge is -2.19. The van der Waals surface area contributed by atoms with E-state index < -0.39 is 0 Å². The van der Waals surface area contributed by atoms with Crippen LogP contribution in [0.25, 0.3) is 124 Å². The van der Waals surface area contributed by atoms with Gasteiger partial charge in [0.15, 0.2) is 17.5 Å². The molecule has 0 N–H and O–H groups in total. The molecule has 6 heteroatoms. The molecule has 6 nitrogen and oxygen atoms in total. The first-order valence-corrected chi connectivity index (χ1v) is 21.4. The molecule has 7 aromatic carbocycles. The summed E-state index contributed by atoms with van der Waals surface area (Å²) < 4.78 is 19.4. The van der Waals surface area contributed by atoms with Gasteiger partial charge in [0.05, 0.1) is 5.56 Å². The van der Waals surface area contributed by atoms with Crippen LogP contribution in [0.2, 0.25) is 0 Å². The van der Waals surface area contributed by atoms with E-state index in [-0.39, 0.29) is 0 Å². The second-order valence-corrected chi connectivity index (χ2v) is 16.2. The van der Waals surface area contributed by atoms with Gasteiger partial charge < -0.3 is 13.3 Å². The van der Waals surface area contributed by atoms with Crippen molar-refractivity contribution in [3.63, 3.8) is 0 Å². The molecule has 1 atom stereocenters. The molecular weight excluding hydrogens is 775 g/mol. The van der Waals surface area contributed by atoms with Crippen LogP contribution in [0, 0.1) is 0 Å². The quantitative estimate of drug-likeness (QED) is 0.166. The SMILES string of the molecule is C\C=c1/c(=C\C=C\c2ccc3oc4ccccc4c3c2-c2nc(-c3ccc(-c4ccc5c(c4)C(C)CC=C5)cc3)nc(-c3cccc4c3oc3ccccc34)n2)oc2ccccc12. The van der Waals surface area contributed by atoms with Gasteiger partial charge in [-0.15, -0.1) is 0 Å². The summed E-state index contributed by atoms with van der Waals surface area (Å²) in [5, 5.41) is 6.09. The maximum absolute atomic E-state index is 6.57. The Balaban J connectivity index is 1.07. The van der Waals surface area contributed by atoms with Gasteiger partial charge in [-0.2, -0.15) is 0 Å². The van der Waals surface area contributed by atoms with Crippen molar-refractivity contribution in [2.75, 3.05) is 0 Å². The molecule has 0 aliphatic heterocycles. The zero-order chi connectivity index (χ0) is 42.0. The molecule has 0 saturated carbocycles. The van der Waals surface area contributed by atoms with Gasteiger partial charge in [-0.1, -0.05) is 153 Å². The second kappa shape index (κ2) is 14.8. The number of fused-ring (bicyclic) bond motifs is 8. The Morgan fingerprint density at radius 3 is 2.08 bits per heavy atom. The summed E-state index contributed by atoms with van der Waals surface area (Å²) >= 11 is 0. The van der Waals surface area contributed by atoms with E-state index in [1.165, 1.54) is 16.7 Å². The van der Waals surface area contributed by atoms with E-state index in [1.54, 1.807) is 0 Å². The molecule has 0 radical (unpaired) electrons. The standard InChI is InChI=1S/C57H39N3O3/c1-3-40-41-16-4-7-21-48(41)61-47(40)24-11-15-37-31-32-51-53(44-18-6-9-23-50(44)62-51)52(37)57-59-55(38-28-25-35(26-29-38)39-30-27-36-14-10-13-34(2)46(36)33-39)58-56(60-57)45-20-12-19-43-42-17-5-8-22-49(42)63-54(43)45/h3-12,14-34H,13H2,1-2H3/b15-11+,40-3-,47-24+. The summed E-state index contributed by atoms with van der Waals surface area (Å²) in [5.74, 6) is 2.06. The molecule has 0 fully saturated rings. The van der Waals surface area contributed by atoms with Gasteiger partial charge in [0.25, 0.3) is 0 Å². The minimum atomic E-state index is 0.481. The van der Waals surface area contributed by atoms with Gasteiger partial charge in [0.2, 0.25) is 0 Å². The third-order valence-electron chi connectivity index (χ3n) is 12.4. The van der Waals surface area contributed by atoms with Crippen LogP contribution in [0.1, 0.15) is 42.9 Å². The van der Waals surface area contributed by atoms with Crippen molar-refractivity contribution in [2.24, 2.45) is 0 Å². The van der Waals surface area contributed by atoms with Crippen LogP contribution in [0.5, 0.6) is 0 Å². The Kier molecular flexibility index (Phi) is 8.64. The largest absolute Gasteiger partial charge is 0.456 e. The normalized spacial score (nSPS) is 14.7. The van der Waals surface area contributed by atoms with Gasteiger partial charge in [-0.25, -0.2) is 15.0 Å². The third kappa shape index (κ3) is 6.21. The highest BCUT2D eigenvalue weighted by molar-refractivity contribution is 6.14. The van der Waals surface area contributed by atoms with E-state index in [1.807, 2.05) is 91.9 Å². The lowest BCUT2D eigenvalue weighted by atomic mass is 9.86. The van der Waals surface area contributed by atoms with E-state index in [9.17, 15) is 0 Å². The van der Waals surface area contributed by atoms with Crippen molar-refractivity contribution in [3.8, 4) is 45.3 Å². The minimum Gasteiger partial charge on any atom is -0.456 e. The summed E-state index contributed by atoms with van der Waals surface area (Å²) in [7, 11) is 0. The summed E-state index contributed by atoms with van der Waals surface area (Å²) in [6.07, 6.45) is 13.8. The fraction of sp³-hybridized carbons (Fsp3) is 0.0702. The summed E-state index contributed by atoms with van der Waals surface area (Å²) in [6.45, 7) is 4.33. The van der Waals surface area contributed by atoms with Crippen LogP contribution >= 0.6 is 0 Å². The average Bonchev–Trinajstić information content (AvgIpc) is 4.02. The summed E-state index contributed by atoms with van der Waals surface area (Å²) in [6, 6.07) is 50.0. The zero-order valence-electron chi connectivity index (χ0n) is 34.7. The van der Waals surface area contributed by atoms with Gasteiger partial charge in [0, 0.05) is 43.3 Å². The lowest BCUT2D eigenvalue weighted by molar-refractivity contribution is 0.575. The highest BCUT2D eigenvalue weighted by atomic mass is 16.3. The number of nitrogens with zero attached hydrogens (tertiary/aromatic N) is 3. The van der Waals surface area contributed by atoms with E-state index >= 15 is 0 Å². The Morgan fingerprint density at radius 1 is 0.571 bits per heavy atom. The molecule has 0 bridgehead atoms. The molecular formula is C57H39N3O3. The van der Waals surface area contributed by atoms with Crippen molar-refractivity contribution in [3.05, 3.63) is 185 Å². The predicted octanol–water partition coefficient (Wildman–Crippen LogP) is 13.9. The number of furan rings is 3. The van der Waals surface area contributed by atoms with Crippen molar-refractivity contribution < 1.29 is 13.3 Å². The number of hydrogen-bond donors (Lipinski definition) is 0. The Labute approximate surface area is 362 Å². The molecule has 12 rings (SSSR count). The van der Waals surface area contributed by atoms with Crippen molar-refractivity contribution in [1.82, 2.24) is 15.0 Å². The summed E-state index contributed by atoms with van der Waals surface area (Å²) in [4.78, 5) is 15.9. The van der Waals surface area contributed by atoms with Gasteiger partial charge in [-0.05, 0) is 83.5 Å².